The van der Waals surface area contributed by atoms with Crippen molar-refractivity contribution in [2.45, 2.75) is 6.92 Å². The monoisotopic (exact) mass is 284 g/mol. The van der Waals surface area contributed by atoms with Gasteiger partial charge in [-0.1, -0.05) is 0 Å². The molecule has 106 valence electrons. The number of rotatable bonds is 4. The van der Waals surface area contributed by atoms with Gasteiger partial charge in [0.25, 0.3) is 5.91 Å². The summed E-state index contributed by atoms with van der Waals surface area (Å²) in [7, 11) is 0. The number of nitrogens with zero attached hydrogens (tertiary/aromatic N) is 2. The van der Waals surface area contributed by atoms with E-state index in [9.17, 15) is 9.18 Å². The van der Waals surface area contributed by atoms with E-state index in [4.69, 9.17) is 5.26 Å². The van der Waals surface area contributed by atoms with E-state index >= 15 is 0 Å². The molecule has 0 unspecified atom stereocenters. The van der Waals surface area contributed by atoms with Gasteiger partial charge < -0.3 is 10.6 Å². The molecule has 0 atom stereocenters. The van der Waals surface area contributed by atoms with E-state index in [1.807, 2.05) is 13.0 Å². The van der Waals surface area contributed by atoms with Crippen LogP contribution in [0.25, 0.3) is 0 Å². The number of amides is 1. The SMILES string of the molecule is CCNc1ccnc(C(=O)Nc2ccc(C#N)cc2F)c1. The fraction of sp³-hybridized carbons (Fsp3) is 0.133. The van der Waals surface area contributed by atoms with Gasteiger partial charge in [-0.2, -0.15) is 5.26 Å². The first kappa shape index (κ1) is 14.5. The number of pyridine rings is 1. The van der Waals surface area contributed by atoms with E-state index < -0.39 is 11.7 Å². The maximum absolute atomic E-state index is 13.7. The van der Waals surface area contributed by atoms with Gasteiger partial charge in [0.15, 0.2) is 0 Å². The van der Waals surface area contributed by atoms with Crippen LogP contribution in [0.1, 0.15) is 23.0 Å². The van der Waals surface area contributed by atoms with Crippen molar-refractivity contribution in [2.75, 3.05) is 17.2 Å². The summed E-state index contributed by atoms with van der Waals surface area (Å²) in [6, 6.07) is 9.00. The van der Waals surface area contributed by atoms with Crippen molar-refractivity contribution >= 4 is 17.3 Å². The predicted octanol–water partition coefficient (Wildman–Crippen LogP) is 2.78. The smallest absolute Gasteiger partial charge is 0.274 e. The highest BCUT2D eigenvalue weighted by Crippen LogP contribution is 2.17. The highest BCUT2D eigenvalue weighted by molar-refractivity contribution is 6.03. The van der Waals surface area contributed by atoms with Gasteiger partial charge in [-0.3, -0.25) is 9.78 Å². The van der Waals surface area contributed by atoms with Crippen LogP contribution in [0.15, 0.2) is 36.5 Å². The Labute approximate surface area is 121 Å². The van der Waals surface area contributed by atoms with Gasteiger partial charge in [0, 0.05) is 18.4 Å². The Morgan fingerprint density at radius 1 is 1.38 bits per heavy atom. The lowest BCUT2D eigenvalue weighted by Gasteiger charge is -2.08. The molecule has 0 spiro atoms. The summed E-state index contributed by atoms with van der Waals surface area (Å²) in [5, 5.41) is 14.2. The molecule has 0 saturated heterocycles. The first-order chi connectivity index (χ1) is 10.1. The number of benzene rings is 1. The Kier molecular flexibility index (Phi) is 4.46. The summed E-state index contributed by atoms with van der Waals surface area (Å²) >= 11 is 0. The molecule has 1 aromatic carbocycles. The predicted molar refractivity (Wildman–Crippen MR) is 77.5 cm³/mol. The Balaban J connectivity index is 2.18. The van der Waals surface area contributed by atoms with E-state index in [-0.39, 0.29) is 16.9 Å². The molecule has 0 aliphatic rings. The van der Waals surface area contributed by atoms with E-state index in [2.05, 4.69) is 15.6 Å². The molecule has 0 bridgehead atoms. The summed E-state index contributed by atoms with van der Waals surface area (Å²) in [5.74, 6) is -1.18. The van der Waals surface area contributed by atoms with Crippen molar-refractivity contribution in [1.29, 1.82) is 5.26 Å². The van der Waals surface area contributed by atoms with Gasteiger partial charge in [-0.15, -0.1) is 0 Å². The molecule has 0 saturated carbocycles. The lowest BCUT2D eigenvalue weighted by atomic mass is 10.2. The van der Waals surface area contributed by atoms with Crippen molar-refractivity contribution in [3.8, 4) is 6.07 Å². The zero-order chi connectivity index (χ0) is 15.2. The number of hydrogen-bond donors (Lipinski definition) is 2. The topological polar surface area (TPSA) is 77.8 Å². The second-order valence-corrected chi connectivity index (χ2v) is 4.22. The van der Waals surface area contributed by atoms with Crippen LogP contribution in [-0.4, -0.2) is 17.4 Å². The molecule has 2 aromatic rings. The number of nitrogens with one attached hydrogen (secondary N) is 2. The highest BCUT2D eigenvalue weighted by Gasteiger charge is 2.11. The standard InChI is InChI=1S/C15H13FN4O/c1-2-18-11-5-6-19-14(8-11)15(21)20-13-4-3-10(9-17)7-12(13)16/h3-8H,2H2,1H3,(H,18,19)(H,20,21). The molecule has 0 radical (unpaired) electrons. The van der Waals surface area contributed by atoms with Gasteiger partial charge in [0.1, 0.15) is 11.5 Å². The third-order valence-electron chi connectivity index (χ3n) is 2.72. The molecule has 2 N–H and O–H groups in total. The second-order valence-electron chi connectivity index (χ2n) is 4.22. The Morgan fingerprint density at radius 3 is 2.86 bits per heavy atom. The largest absolute Gasteiger partial charge is 0.385 e. The summed E-state index contributed by atoms with van der Waals surface area (Å²) in [6.45, 7) is 2.65. The summed E-state index contributed by atoms with van der Waals surface area (Å²) in [5.41, 5.74) is 1.14. The maximum Gasteiger partial charge on any atom is 0.274 e. The van der Waals surface area contributed by atoms with Gasteiger partial charge in [0.05, 0.1) is 17.3 Å². The number of hydrogen-bond acceptors (Lipinski definition) is 4. The molecular formula is C15H13FN4O. The van der Waals surface area contributed by atoms with E-state index in [1.54, 1.807) is 12.1 Å². The average Bonchev–Trinajstić information content (AvgIpc) is 2.50. The molecule has 1 aromatic heterocycles. The van der Waals surface area contributed by atoms with Crippen molar-refractivity contribution in [1.82, 2.24) is 4.98 Å². The van der Waals surface area contributed by atoms with Crippen LogP contribution in [0, 0.1) is 17.1 Å². The van der Waals surface area contributed by atoms with Crippen LogP contribution >= 0.6 is 0 Å². The van der Waals surface area contributed by atoms with E-state index in [0.717, 1.165) is 18.3 Å². The number of aromatic nitrogens is 1. The minimum atomic E-state index is -0.662. The lowest BCUT2D eigenvalue weighted by molar-refractivity contribution is 0.102. The van der Waals surface area contributed by atoms with Crippen LogP contribution in [-0.2, 0) is 0 Å². The van der Waals surface area contributed by atoms with Crippen LogP contribution in [0.4, 0.5) is 15.8 Å². The summed E-state index contributed by atoms with van der Waals surface area (Å²) in [4.78, 5) is 16.0. The molecule has 5 nitrogen and oxygen atoms in total. The summed E-state index contributed by atoms with van der Waals surface area (Å²) in [6.07, 6.45) is 1.50. The van der Waals surface area contributed by atoms with Gasteiger partial charge in [-0.05, 0) is 37.3 Å². The molecule has 21 heavy (non-hydrogen) atoms. The van der Waals surface area contributed by atoms with Gasteiger partial charge in [0.2, 0.25) is 0 Å². The second kappa shape index (κ2) is 6.48. The molecular weight excluding hydrogens is 271 g/mol. The Bertz CT molecular complexity index is 709. The number of carbonyl (C=O) groups excluding carboxylic acids is 1. The molecule has 0 aliphatic carbocycles. The quantitative estimate of drug-likeness (QED) is 0.905. The minimum absolute atomic E-state index is 0.00894. The molecule has 1 amide bonds. The maximum atomic E-state index is 13.7. The average molecular weight is 284 g/mol. The molecule has 1 heterocycles. The van der Waals surface area contributed by atoms with Crippen molar-refractivity contribution in [3.63, 3.8) is 0 Å². The fourth-order valence-electron chi connectivity index (χ4n) is 1.74. The Morgan fingerprint density at radius 2 is 2.19 bits per heavy atom. The zero-order valence-corrected chi connectivity index (χ0v) is 11.4. The molecule has 2 rings (SSSR count). The number of nitriles is 1. The third kappa shape index (κ3) is 3.54. The van der Waals surface area contributed by atoms with E-state index in [1.165, 1.54) is 18.3 Å². The van der Waals surface area contributed by atoms with Crippen LogP contribution in [0.2, 0.25) is 0 Å². The highest BCUT2D eigenvalue weighted by atomic mass is 19.1. The molecule has 6 heteroatoms. The first-order valence-electron chi connectivity index (χ1n) is 6.35. The third-order valence-corrected chi connectivity index (χ3v) is 2.72. The van der Waals surface area contributed by atoms with Crippen molar-refractivity contribution in [3.05, 3.63) is 53.6 Å². The first-order valence-corrected chi connectivity index (χ1v) is 6.35. The lowest BCUT2D eigenvalue weighted by Crippen LogP contribution is -2.15. The van der Waals surface area contributed by atoms with Crippen molar-refractivity contribution < 1.29 is 9.18 Å². The molecule has 0 aliphatic heterocycles. The van der Waals surface area contributed by atoms with Crippen LogP contribution in [0.5, 0.6) is 0 Å². The van der Waals surface area contributed by atoms with E-state index in [0.29, 0.717) is 0 Å². The normalized spacial score (nSPS) is 9.76. The Hall–Kier alpha value is -2.94. The van der Waals surface area contributed by atoms with Gasteiger partial charge in [-0.25, -0.2) is 4.39 Å². The fourth-order valence-corrected chi connectivity index (χ4v) is 1.74. The van der Waals surface area contributed by atoms with Gasteiger partial charge >= 0.3 is 0 Å². The zero-order valence-electron chi connectivity index (χ0n) is 11.4. The van der Waals surface area contributed by atoms with Crippen molar-refractivity contribution in [2.24, 2.45) is 0 Å². The molecule has 0 fully saturated rings. The number of halogens is 1. The summed E-state index contributed by atoms with van der Waals surface area (Å²) < 4.78 is 13.7. The van der Waals surface area contributed by atoms with Crippen LogP contribution < -0.4 is 10.6 Å². The minimum Gasteiger partial charge on any atom is -0.385 e. The van der Waals surface area contributed by atoms with Crippen LogP contribution in [0.3, 0.4) is 0 Å². The number of anilines is 2. The number of carbonyl (C=O) groups is 1.